The zero-order valence-electron chi connectivity index (χ0n) is 13.0. The van der Waals surface area contributed by atoms with Crippen molar-refractivity contribution in [3.8, 4) is 5.75 Å². The van der Waals surface area contributed by atoms with Crippen molar-refractivity contribution in [3.05, 3.63) is 29.8 Å². The van der Waals surface area contributed by atoms with Gasteiger partial charge in [0.25, 0.3) is 0 Å². The molecule has 0 unspecified atom stereocenters. The van der Waals surface area contributed by atoms with Crippen LogP contribution in [0.25, 0.3) is 0 Å². The Balaban J connectivity index is 2.24. The lowest BCUT2D eigenvalue weighted by Crippen LogP contribution is -2.37. The Bertz CT molecular complexity index is 354. The minimum Gasteiger partial charge on any atom is -0.497 e. The molecule has 0 aliphatic heterocycles. The van der Waals surface area contributed by atoms with Crippen LogP contribution in [0.5, 0.6) is 5.75 Å². The summed E-state index contributed by atoms with van der Waals surface area (Å²) in [6.07, 6.45) is 1.17. The molecule has 0 radical (unpaired) electrons. The van der Waals surface area contributed by atoms with Gasteiger partial charge in [-0.05, 0) is 65.0 Å². The number of benzene rings is 1. The zero-order chi connectivity index (χ0) is 14.3. The molecule has 0 atom stereocenters. The number of nitrogens with zero attached hydrogens (tertiary/aromatic N) is 1. The molecule has 0 saturated carbocycles. The van der Waals surface area contributed by atoms with Crippen LogP contribution in [0.2, 0.25) is 0 Å². The highest BCUT2D eigenvalue weighted by Crippen LogP contribution is 2.12. The molecule has 0 heterocycles. The maximum atomic E-state index is 5.16. The van der Waals surface area contributed by atoms with Crippen molar-refractivity contribution in [1.82, 2.24) is 10.2 Å². The summed E-state index contributed by atoms with van der Waals surface area (Å²) < 4.78 is 5.16. The summed E-state index contributed by atoms with van der Waals surface area (Å²) in [5, 5.41) is 3.51. The molecule has 19 heavy (non-hydrogen) atoms. The van der Waals surface area contributed by atoms with Crippen molar-refractivity contribution in [1.29, 1.82) is 0 Å². The second-order valence-electron chi connectivity index (χ2n) is 6.12. The van der Waals surface area contributed by atoms with Crippen LogP contribution in [0.4, 0.5) is 0 Å². The highest BCUT2D eigenvalue weighted by atomic mass is 16.5. The van der Waals surface area contributed by atoms with Crippen molar-refractivity contribution in [2.45, 2.75) is 39.3 Å². The van der Waals surface area contributed by atoms with Crippen molar-refractivity contribution >= 4 is 0 Å². The summed E-state index contributed by atoms with van der Waals surface area (Å²) >= 11 is 0. The van der Waals surface area contributed by atoms with E-state index in [2.05, 4.69) is 50.2 Å². The van der Waals surface area contributed by atoms with E-state index in [0.717, 1.165) is 25.4 Å². The first-order valence-electron chi connectivity index (χ1n) is 6.97. The fourth-order valence-electron chi connectivity index (χ4n) is 1.93. The topological polar surface area (TPSA) is 24.5 Å². The molecule has 3 nitrogen and oxygen atoms in total. The van der Waals surface area contributed by atoms with Crippen LogP contribution in [0.3, 0.4) is 0 Å². The molecule has 0 aliphatic carbocycles. The van der Waals surface area contributed by atoms with Gasteiger partial charge in [-0.15, -0.1) is 0 Å². The Hall–Kier alpha value is -1.06. The van der Waals surface area contributed by atoms with E-state index in [9.17, 15) is 0 Å². The van der Waals surface area contributed by atoms with Crippen LogP contribution < -0.4 is 10.1 Å². The molecule has 3 heteroatoms. The predicted molar refractivity (Wildman–Crippen MR) is 81.7 cm³/mol. The molecule has 0 fully saturated rings. The second-order valence-corrected chi connectivity index (χ2v) is 6.12. The summed E-state index contributed by atoms with van der Waals surface area (Å²) in [6, 6.07) is 8.29. The zero-order valence-corrected chi connectivity index (χ0v) is 13.0. The second kappa shape index (κ2) is 7.51. The number of hydrogen-bond donors (Lipinski definition) is 1. The largest absolute Gasteiger partial charge is 0.497 e. The van der Waals surface area contributed by atoms with Crippen molar-refractivity contribution in [3.63, 3.8) is 0 Å². The van der Waals surface area contributed by atoms with Gasteiger partial charge in [-0.3, -0.25) is 0 Å². The Morgan fingerprint density at radius 2 is 1.79 bits per heavy atom. The smallest absolute Gasteiger partial charge is 0.118 e. The third-order valence-corrected chi connectivity index (χ3v) is 2.98. The molecule has 0 saturated heterocycles. The van der Waals surface area contributed by atoms with Gasteiger partial charge in [0.05, 0.1) is 7.11 Å². The first kappa shape index (κ1) is 16.0. The summed E-state index contributed by atoms with van der Waals surface area (Å²) in [4.78, 5) is 2.35. The monoisotopic (exact) mass is 264 g/mol. The van der Waals surface area contributed by atoms with Crippen LogP contribution in [-0.2, 0) is 6.54 Å². The van der Waals surface area contributed by atoms with E-state index >= 15 is 0 Å². The van der Waals surface area contributed by atoms with Crippen LogP contribution >= 0.6 is 0 Å². The van der Waals surface area contributed by atoms with E-state index in [0.29, 0.717) is 0 Å². The summed E-state index contributed by atoms with van der Waals surface area (Å²) in [7, 11) is 3.87. The average molecular weight is 264 g/mol. The molecule has 0 aliphatic rings. The number of hydrogen-bond acceptors (Lipinski definition) is 3. The third-order valence-electron chi connectivity index (χ3n) is 2.98. The molecule has 1 N–H and O–H groups in total. The Morgan fingerprint density at radius 3 is 2.32 bits per heavy atom. The van der Waals surface area contributed by atoms with Crippen LogP contribution in [0.1, 0.15) is 32.8 Å². The number of methoxy groups -OCH3 is 1. The summed E-state index contributed by atoms with van der Waals surface area (Å²) in [5.74, 6) is 0.917. The number of rotatable bonds is 7. The molecule has 1 rings (SSSR count). The molecule has 1 aromatic carbocycles. The van der Waals surface area contributed by atoms with Crippen molar-refractivity contribution in [2.24, 2.45) is 0 Å². The molecule has 0 aromatic heterocycles. The Labute approximate surface area is 118 Å². The first-order valence-corrected chi connectivity index (χ1v) is 6.97. The minimum absolute atomic E-state index is 0.217. The SMILES string of the molecule is COc1ccc(CN(C)CCCNC(C)(C)C)cc1. The van der Waals surface area contributed by atoms with E-state index in [1.807, 2.05) is 12.1 Å². The fourth-order valence-corrected chi connectivity index (χ4v) is 1.93. The lowest BCUT2D eigenvalue weighted by Gasteiger charge is -2.22. The van der Waals surface area contributed by atoms with Crippen molar-refractivity contribution in [2.75, 3.05) is 27.2 Å². The van der Waals surface area contributed by atoms with E-state index < -0.39 is 0 Å². The van der Waals surface area contributed by atoms with Gasteiger partial charge >= 0.3 is 0 Å². The van der Waals surface area contributed by atoms with Gasteiger partial charge in [0.15, 0.2) is 0 Å². The lowest BCUT2D eigenvalue weighted by atomic mass is 10.1. The highest BCUT2D eigenvalue weighted by Gasteiger charge is 2.07. The highest BCUT2D eigenvalue weighted by molar-refractivity contribution is 5.26. The standard InChI is InChI=1S/C16H28N2O/c1-16(2,3)17-11-6-12-18(4)13-14-7-9-15(19-5)10-8-14/h7-10,17H,6,11-13H2,1-5H3. The molecule has 108 valence electrons. The molecule has 0 bridgehead atoms. The van der Waals surface area contributed by atoms with Gasteiger partial charge in [-0.25, -0.2) is 0 Å². The van der Waals surface area contributed by atoms with E-state index in [1.165, 1.54) is 12.0 Å². The van der Waals surface area contributed by atoms with Crippen molar-refractivity contribution < 1.29 is 4.74 Å². The maximum Gasteiger partial charge on any atom is 0.118 e. The van der Waals surface area contributed by atoms with Gasteiger partial charge in [-0.2, -0.15) is 0 Å². The Kier molecular flexibility index (Phi) is 6.32. The van der Waals surface area contributed by atoms with E-state index in [4.69, 9.17) is 4.74 Å². The van der Waals surface area contributed by atoms with Gasteiger partial charge < -0.3 is 15.0 Å². The number of nitrogens with one attached hydrogen (secondary N) is 1. The lowest BCUT2D eigenvalue weighted by molar-refractivity contribution is 0.310. The molecule has 1 aromatic rings. The van der Waals surface area contributed by atoms with Gasteiger partial charge in [0.1, 0.15) is 5.75 Å². The average Bonchev–Trinajstić information content (AvgIpc) is 2.34. The van der Waals surface area contributed by atoms with Crippen LogP contribution in [0.15, 0.2) is 24.3 Å². The van der Waals surface area contributed by atoms with E-state index in [-0.39, 0.29) is 5.54 Å². The first-order chi connectivity index (χ1) is 8.90. The maximum absolute atomic E-state index is 5.16. The molecule has 0 amide bonds. The summed E-state index contributed by atoms with van der Waals surface area (Å²) in [6.45, 7) is 9.77. The normalized spacial score (nSPS) is 11.9. The van der Waals surface area contributed by atoms with Gasteiger partial charge in [0, 0.05) is 12.1 Å². The van der Waals surface area contributed by atoms with Gasteiger partial charge in [0.2, 0.25) is 0 Å². The Morgan fingerprint density at radius 1 is 1.16 bits per heavy atom. The van der Waals surface area contributed by atoms with Crippen LogP contribution in [0, 0.1) is 0 Å². The fraction of sp³-hybridized carbons (Fsp3) is 0.625. The molecular formula is C16H28N2O. The third kappa shape index (κ3) is 7.19. The predicted octanol–water partition coefficient (Wildman–Crippen LogP) is 2.91. The minimum atomic E-state index is 0.217. The quantitative estimate of drug-likeness (QED) is 0.766. The van der Waals surface area contributed by atoms with E-state index in [1.54, 1.807) is 7.11 Å². The number of ether oxygens (including phenoxy) is 1. The van der Waals surface area contributed by atoms with Gasteiger partial charge in [-0.1, -0.05) is 12.1 Å². The molecular weight excluding hydrogens is 236 g/mol. The van der Waals surface area contributed by atoms with Crippen LogP contribution in [-0.4, -0.2) is 37.7 Å². The molecule has 0 spiro atoms. The summed E-state index contributed by atoms with van der Waals surface area (Å²) in [5.41, 5.74) is 1.54.